The summed E-state index contributed by atoms with van der Waals surface area (Å²) in [6.45, 7) is 6.09. The summed E-state index contributed by atoms with van der Waals surface area (Å²) < 4.78 is 5.64. The molecule has 0 radical (unpaired) electrons. The summed E-state index contributed by atoms with van der Waals surface area (Å²) >= 11 is 7.55. The van der Waals surface area contributed by atoms with Crippen molar-refractivity contribution in [2.24, 2.45) is 0 Å². The third kappa shape index (κ3) is 6.15. The lowest BCUT2D eigenvalue weighted by Gasteiger charge is -2.30. The number of hydrogen-bond acceptors (Lipinski definition) is 4. The Labute approximate surface area is 147 Å². The highest BCUT2D eigenvalue weighted by Crippen LogP contribution is 2.17. The molecular weight excluding hydrogens is 330 g/mol. The fourth-order valence-electron chi connectivity index (χ4n) is 2.32. The zero-order valence-electron chi connectivity index (χ0n) is 13.6. The minimum absolute atomic E-state index is 0.276. The SMILES string of the molecule is CC[C@@H](C)N(Cc1ccsc1)C[C@@H](O)COc1ccc(Cl)cc1. The summed E-state index contributed by atoms with van der Waals surface area (Å²) in [4.78, 5) is 2.30. The lowest BCUT2D eigenvalue weighted by atomic mass is 10.1. The van der Waals surface area contributed by atoms with Gasteiger partial charge in [-0.2, -0.15) is 11.3 Å². The molecule has 1 aromatic heterocycles. The number of nitrogens with zero attached hydrogens (tertiary/aromatic N) is 1. The van der Waals surface area contributed by atoms with Gasteiger partial charge >= 0.3 is 0 Å². The van der Waals surface area contributed by atoms with E-state index in [0.717, 1.165) is 18.7 Å². The van der Waals surface area contributed by atoms with Gasteiger partial charge in [0.15, 0.2) is 0 Å². The van der Waals surface area contributed by atoms with Crippen LogP contribution < -0.4 is 4.74 Å². The van der Waals surface area contributed by atoms with Gasteiger partial charge < -0.3 is 9.84 Å². The van der Waals surface area contributed by atoms with E-state index in [1.165, 1.54) is 5.56 Å². The number of aliphatic hydroxyl groups excluding tert-OH is 1. The number of halogens is 1. The summed E-state index contributed by atoms with van der Waals surface area (Å²) in [6, 6.07) is 9.74. The van der Waals surface area contributed by atoms with Crippen LogP contribution in [0.1, 0.15) is 25.8 Å². The van der Waals surface area contributed by atoms with Gasteiger partial charge in [0.05, 0.1) is 0 Å². The van der Waals surface area contributed by atoms with Crippen molar-refractivity contribution >= 4 is 22.9 Å². The number of benzene rings is 1. The van der Waals surface area contributed by atoms with Crippen LogP contribution in [0.3, 0.4) is 0 Å². The Kier molecular flexibility index (Phi) is 7.37. The topological polar surface area (TPSA) is 32.7 Å². The molecule has 0 fully saturated rings. The highest BCUT2D eigenvalue weighted by Gasteiger charge is 2.17. The largest absolute Gasteiger partial charge is 0.491 e. The van der Waals surface area contributed by atoms with Crippen molar-refractivity contribution in [1.82, 2.24) is 4.90 Å². The maximum atomic E-state index is 10.3. The molecule has 0 aliphatic heterocycles. The van der Waals surface area contributed by atoms with Gasteiger partial charge in [-0.05, 0) is 60.0 Å². The average Bonchev–Trinajstić information content (AvgIpc) is 3.06. The van der Waals surface area contributed by atoms with E-state index < -0.39 is 6.10 Å². The molecule has 1 N–H and O–H groups in total. The van der Waals surface area contributed by atoms with Crippen LogP contribution in [0.4, 0.5) is 0 Å². The lowest BCUT2D eigenvalue weighted by Crippen LogP contribution is -2.40. The predicted molar refractivity (Wildman–Crippen MR) is 97.4 cm³/mol. The molecule has 1 aromatic carbocycles. The van der Waals surface area contributed by atoms with E-state index in [-0.39, 0.29) is 6.61 Å². The normalized spacial score (nSPS) is 14.0. The Morgan fingerprint density at radius 2 is 2.00 bits per heavy atom. The van der Waals surface area contributed by atoms with Crippen molar-refractivity contribution in [2.45, 2.75) is 39.0 Å². The quantitative estimate of drug-likeness (QED) is 0.723. The minimum atomic E-state index is -0.529. The Morgan fingerprint density at radius 1 is 1.26 bits per heavy atom. The van der Waals surface area contributed by atoms with Crippen molar-refractivity contribution < 1.29 is 9.84 Å². The standard InChI is InChI=1S/C18H24ClNO2S/c1-3-14(2)20(10-15-8-9-23-13-15)11-17(21)12-22-18-6-4-16(19)5-7-18/h4-9,13-14,17,21H,3,10-12H2,1-2H3/t14-,17-/m1/s1. The summed E-state index contributed by atoms with van der Waals surface area (Å²) in [5.41, 5.74) is 1.29. The molecule has 0 bridgehead atoms. The zero-order chi connectivity index (χ0) is 16.7. The lowest BCUT2D eigenvalue weighted by molar-refractivity contribution is 0.0507. The van der Waals surface area contributed by atoms with E-state index in [9.17, 15) is 5.11 Å². The van der Waals surface area contributed by atoms with Crippen molar-refractivity contribution in [2.75, 3.05) is 13.2 Å². The number of thiophene rings is 1. The molecule has 0 aliphatic rings. The van der Waals surface area contributed by atoms with E-state index in [4.69, 9.17) is 16.3 Å². The summed E-state index contributed by atoms with van der Waals surface area (Å²) in [7, 11) is 0. The second-order valence-electron chi connectivity index (χ2n) is 5.74. The van der Waals surface area contributed by atoms with Crippen LogP contribution in [0.15, 0.2) is 41.1 Å². The monoisotopic (exact) mass is 353 g/mol. The van der Waals surface area contributed by atoms with Crippen LogP contribution in [0.5, 0.6) is 5.75 Å². The molecule has 0 saturated carbocycles. The van der Waals surface area contributed by atoms with Crippen molar-refractivity contribution in [1.29, 1.82) is 0 Å². The molecule has 23 heavy (non-hydrogen) atoms. The van der Waals surface area contributed by atoms with Crippen molar-refractivity contribution in [3.63, 3.8) is 0 Å². The van der Waals surface area contributed by atoms with Gasteiger partial charge in [-0.15, -0.1) is 0 Å². The number of aliphatic hydroxyl groups is 1. The van der Waals surface area contributed by atoms with Crippen molar-refractivity contribution in [3.8, 4) is 5.75 Å². The third-order valence-electron chi connectivity index (χ3n) is 3.88. The van der Waals surface area contributed by atoms with E-state index in [1.807, 2.05) is 12.1 Å². The van der Waals surface area contributed by atoms with Crippen LogP contribution >= 0.6 is 22.9 Å². The van der Waals surface area contributed by atoms with Crippen LogP contribution in [-0.4, -0.2) is 35.3 Å². The van der Waals surface area contributed by atoms with E-state index in [0.29, 0.717) is 17.6 Å². The minimum Gasteiger partial charge on any atom is -0.491 e. The Bertz CT molecular complexity index is 559. The van der Waals surface area contributed by atoms with E-state index in [1.54, 1.807) is 23.5 Å². The number of ether oxygens (including phenoxy) is 1. The summed E-state index contributed by atoms with van der Waals surface area (Å²) in [5, 5.41) is 15.2. The first-order valence-electron chi connectivity index (χ1n) is 7.90. The Hall–Kier alpha value is -1.07. The van der Waals surface area contributed by atoms with E-state index >= 15 is 0 Å². The highest BCUT2D eigenvalue weighted by atomic mass is 35.5. The fourth-order valence-corrected chi connectivity index (χ4v) is 3.11. The molecule has 1 heterocycles. The van der Waals surface area contributed by atoms with Gasteiger partial charge in [0.25, 0.3) is 0 Å². The molecule has 0 unspecified atom stereocenters. The average molecular weight is 354 g/mol. The highest BCUT2D eigenvalue weighted by molar-refractivity contribution is 7.07. The van der Waals surface area contributed by atoms with Gasteiger partial charge in [0.1, 0.15) is 18.5 Å². The molecular formula is C18H24ClNO2S. The first-order chi connectivity index (χ1) is 11.1. The first kappa shape index (κ1) is 18.3. The molecule has 2 rings (SSSR count). The van der Waals surface area contributed by atoms with Gasteiger partial charge in [-0.1, -0.05) is 18.5 Å². The van der Waals surface area contributed by atoms with Crippen LogP contribution in [0, 0.1) is 0 Å². The third-order valence-corrected chi connectivity index (χ3v) is 4.87. The molecule has 2 aromatic rings. The van der Waals surface area contributed by atoms with Gasteiger partial charge in [0, 0.05) is 24.2 Å². The fraction of sp³-hybridized carbons (Fsp3) is 0.444. The Morgan fingerprint density at radius 3 is 2.61 bits per heavy atom. The molecule has 5 heteroatoms. The molecule has 0 aliphatic carbocycles. The molecule has 0 spiro atoms. The molecule has 0 saturated heterocycles. The first-order valence-corrected chi connectivity index (χ1v) is 9.22. The predicted octanol–water partition coefficient (Wildman–Crippen LogP) is 4.44. The van der Waals surface area contributed by atoms with Crippen LogP contribution in [0.2, 0.25) is 5.02 Å². The van der Waals surface area contributed by atoms with Gasteiger partial charge in [0.2, 0.25) is 0 Å². The van der Waals surface area contributed by atoms with Crippen LogP contribution in [-0.2, 0) is 6.54 Å². The summed E-state index contributed by atoms with van der Waals surface area (Å²) in [5.74, 6) is 0.723. The smallest absolute Gasteiger partial charge is 0.119 e. The number of hydrogen-bond donors (Lipinski definition) is 1. The maximum absolute atomic E-state index is 10.3. The van der Waals surface area contributed by atoms with E-state index in [2.05, 4.69) is 35.6 Å². The van der Waals surface area contributed by atoms with Crippen molar-refractivity contribution in [3.05, 3.63) is 51.7 Å². The van der Waals surface area contributed by atoms with Gasteiger partial charge in [-0.3, -0.25) is 4.90 Å². The summed E-state index contributed by atoms with van der Waals surface area (Å²) in [6.07, 6.45) is 0.521. The van der Waals surface area contributed by atoms with Crippen LogP contribution in [0.25, 0.3) is 0 Å². The Balaban J connectivity index is 1.86. The molecule has 2 atom stereocenters. The molecule has 0 amide bonds. The maximum Gasteiger partial charge on any atom is 0.119 e. The zero-order valence-corrected chi connectivity index (χ0v) is 15.2. The second-order valence-corrected chi connectivity index (χ2v) is 6.95. The second kappa shape index (κ2) is 9.28. The molecule has 3 nitrogen and oxygen atoms in total. The number of rotatable bonds is 9. The van der Waals surface area contributed by atoms with Gasteiger partial charge in [-0.25, -0.2) is 0 Å². The molecule has 126 valence electrons.